The summed E-state index contributed by atoms with van der Waals surface area (Å²) in [6.45, 7) is 2.12. The van der Waals surface area contributed by atoms with Gasteiger partial charge in [0.25, 0.3) is 0 Å². The highest BCUT2D eigenvalue weighted by atomic mass is 16.5. The van der Waals surface area contributed by atoms with Crippen LogP contribution in [0.3, 0.4) is 0 Å². The van der Waals surface area contributed by atoms with E-state index in [1.54, 1.807) is 6.07 Å². The fraction of sp³-hybridized carbons (Fsp3) is 0.364. The van der Waals surface area contributed by atoms with E-state index in [2.05, 4.69) is 0 Å². The Hall–Kier alpha value is -1.55. The molecule has 3 N–H and O–H groups in total. The Morgan fingerprint density at radius 1 is 1.60 bits per heavy atom. The summed E-state index contributed by atoms with van der Waals surface area (Å²) < 4.78 is 5.28. The Kier molecular flexibility index (Phi) is 2.36. The first-order valence-corrected chi connectivity index (χ1v) is 4.83. The third-order valence-electron chi connectivity index (χ3n) is 2.84. The number of hydrogen-bond donors (Lipinski definition) is 2. The standard InChI is InChI=1S/C11H13NO3/c1-6-7-3-2-4-9(12)8(7)5-15-10(6)11(13)14/h2-4,6,10H,5,12H2,1H3,(H,13,14). The lowest BCUT2D eigenvalue weighted by Crippen LogP contribution is -2.33. The fourth-order valence-electron chi connectivity index (χ4n) is 1.98. The molecule has 0 fully saturated rings. The summed E-state index contributed by atoms with van der Waals surface area (Å²) >= 11 is 0. The van der Waals surface area contributed by atoms with Crippen molar-refractivity contribution in [2.45, 2.75) is 25.6 Å². The second-order valence-electron chi connectivity index (χ2n) is 3.77. The molecule has 0 spiro atoms. The molecule has 4 nitrogen and oxygen atoms in total. The molecule has 0 bridgehead atoms. The zero-order valence-electron chi connectivity index (χ0n) is 8.43. The van der Waals surface area contributed by atoms with Gasteiger partial charge in [0, 0.05) is 17.2 Å². The molecule has 1 aromatic carbocycles. The molecule has 4 heteroatoms. The maximum Gasteiger partial charge on any atom is 0.333 e. The van der Waals surface area contributed by atoms with Gasteiger partial charge in [0.2, 0.25) is 0 Å². The molecule has 80 valence electrons. The molecule has 0 amide bonds. The molecule has 0 aromatic heterocycles. The van der Waals surface area contributed by atoms with Crippen LogP contribution in [0.15, 0.2) is 18.2 Å². The molecular formula is C11H13NO3. The molecule has 0 saturated carbocycles. The molecule has 0 aliphatic carbocycles. The SMILES string of the molecule is CC1c2cccc(N)c2COC1C(=O)O. The fourth-order valence-corrected chi connectivity index (χ4v) is 1.98. The summed E-state index contributed by atoms with van der Waals surface area (Å²) in [6, 6.07) is 5.56. The zero-order chi connectivity index (χ0) is 11.0. The van der Waals surface area contributed by atoms with E-state index in [0.717, 1.165) is 11.1 Å². The molecule has 2 atom stereocenters. The normalized spacial score (nSPS) is 24.6. The number of nitrogen functional groups attached to an aromatic ring is 1. The third kappa shape index (κ3) is 1.57. The Bertz CT molecular complexity index is 403. The lowest BCUT2D eigenvalue weighted by atomic mass is 9.88. The molecule has 2 unspecified atom stereocenters. The van der Waals surface area contributed by atoms with E-state index < -0.39 is 12.1 Å². The number of anilines is 1. The van der Waals surface area contributed by atoms with Crippen molar-refractivity contribution in [1.82, 2.24) is 0 Å². The number of rotatable bonds is 1. The molecule has 1 aliphatic heterocycles. The maximum atomic E-state index is 10.9. The number of carboxylic acids is 1. The number of hydrogen-bond acceptors (Lipinski definition) is 3. The van der Waals surface area contributed by atoms with Crippen LogP contribution in [-0.4, -0.2) is 17.2 Å². The predicted molar refractivity (Wildman–Crippen MR) is 55.5 cm³/mol. The first-order chi connectivity index (χ1) is 7.11. The average molecular weight is 207 g/mol. The Morgan fingerprint density at radius 3 is 3.00 bits per heavy atom. The van der Waals surface area contributed by atoms with Gasteiger partial charge in [-0.1, -0.05) is 19.1 Å². The smallest absolute Gasteiger partial charge is 0.333 e. The van der Waals surface area contributed by atoms with Crippen molar-refractivity contribution in [3.63, 3.8) is 0 Å². The summed E-state index contributed by atoms with van der Waals surface area (Å²) in [5.74, 6) is -1.08. The molecule has 2 rings (SSSR count). The van der Waals surface area contributed by atoms with Crippen LogP contribution in [0.25, 0.3) is 0 Å². The highest BCUT2D eigenvalue weighted by Gasteiger charge is 2.32. The number of benzene rings is 1. The third-order valence-corrected chi connectivity index (χ3v) is 2.84. The van der Waals surface area contributed by atoms with Gasteiger partial charge in [0.15, 0.2) is 6.10 Å². The average Bonchev–Trinajstić information content (AvgIpc) is 2.19. The second-order valence-corrected chi connectivity index (χ2v) is 3.77. The van der Waals surface area contributed by atoms with Gasteiger partial charge in [-0.25, -0.2) is 4.79 Å². The number of nitrogens with two attached hydrogens (primary N) is 1. The van der Waals surface area contributed by atoms with Crippen LogP contribution in [0.5, 0.6) is 0 Å². The maximum absolute atomic E-state index is 10.9. The summed E-state index contributed by atoms with van der Waals surface area (Å²) in [5.41, 5.74) is 8.37. The largest absolute Gasteiger partial charge is 0.479 e. The lowest BCUT2D eigenvalue weighted by Gasteiger charge is -2.29. The Morgan fingerprint density at radius 2 is 2.33 bits per heavy atom. The highest BCUT2D eigenvalue weighted by Crippen LogP contribution is 2.33. The van der Waals surface area contributed by atoms with Crippen molar-refractivity contribution in [1.29, 1.82) is 0 Å². The van der Waals surface area contributed by atoms with E-state index in [0.29, 0.717) is 5.69 Å². The van der Waals surface area contributed by atoms with E-state index in [9.17, 15) is 4.79 Å². The molecule has 0 radical (unpaired) electrons. The van der Waals surface area contributed by atoms with E-state index in [1.807, 2.05) is 19.1 Å². The number of carbonyl (C=O) groups is 1. The Balaban J connectivity index is 2.42. The molecule has 1 aromatic rings. The second kappa shape index (κ2) is 3.55. The number of carboxylic acid groups (broad SMARTS) is 1. The van der Waals surface area contributed by atoms with E-state index in [4.69, 9.17) is 15.6 Å². The van der Waals surface area contributed by atoms with Gasteiger partial charge in [0.1, 0.15) is 0 Å². The minimum absolute atomic E-state index is 0.158. The minimum atomic E-state index is -0.921. The summed E-state index contributed by atoms with van der Waals surface area (Å²) in [7, 11) is 0. The van der Waals surface area contributed by atoms with Crippen LogP contribution < -0.4 is 5.73 Å². The van der Waals surface area contributed by atoms with Crippen LogP contribution >= 0.6 is 0 Å². The van der Waals surface area contributed by atoms with Crippen LogP contribution in [0.1, 0.15) is 24.0 Å². The van der Waals surface area contributed by atoms with Gasteiger partial charge in [-0.05, 0) is 11.6 Å². The summed E-state index contributed by atoms with van der Waals surface area (Å²) in [4.78, 5) is 10.9. The van der Waals surface area contributed by atoms with Crippen molar-refractivity contribution in [2.24, 2.45) is 0 Å². The highest BCUT2D eigenvalue weighted by molar-refractivity contribution is 5.74. The number of fused-ring (bicyclic) bond motifs is 1. The first-order valence-electron chi connectivity index (χ1n) is 4.83. The van der Waals surface area contributed by atoms with Gasteiger partial charge in [-0.2, -0.15) is 0 Å². The zero-order valence-corrected chi connectivity index (χ0v) is 8.43. The first kappa shape index (κ1) is 9.98. The van der Waals surface area contributed by atoms with Gasteiger partial charge >= 0.3 is 5.97 Å². The van der Waals surface area contributed by atoms with Gasteiger partial charge < -0.3 is 15.6 Å². The number of ether oxygens (including phenoxy) is 1. The van der Waals surface area contributed by atoms with Crippen LogP contribution in [0.4, 0.5) is 5.69 Å². The molecular weight excluding hydrogens is 194 g/mol. The molecule has 1 heterocycles. The van der Waals surface area contributed by atoms with Gasteiger partial charge in [-0.15, -0.1) is 0 Å². The topological polar surface area (TPSA) is 72.5 Å². The summed E-state index contributed by atoms with van der Waals surface area (Å²) in [5, 5.41) is 8.95. The van der Waals surface area contributed by atoms with Crippen LogP contribution in [-0.2, 0) is 16.1 Å². The number of aliphatic carboxylic acids is 1. The quantitative estimate of drug-likeness (QED) is 0.682. The van der Waals surface area contributed by atoms with Crippen LogP contribution in [0.2, 0.25) is 0 Å². The molecule has 1 aliphatic rings. The van der Waals surface area contributed by atoms with Crippen molar-refractivity contribution < 1.29 is 14.6 Å². The lowest BCUT2D eigenvalue weighted by molar-refractivity contribution is -0.153. The van der Waals surface area contributed by atoms with E-state index in [1.165, 1.54) is 0 Å². The van der Waals surface area contributed by atoms with Gasteiger partial charge in [-0.3, -0.25) is 0 Å². The van der Waals surface area contributed by atoms with Crippen molar-refractivity contribution >= 4 is 11.7 Å². The minimum Gasteiger partial charge on any atom is -0.479 e. The summed E-state index contributed by atoms with van der Waals surface area (Å²) in [6.07, 6.45) is -0.765. The Labute approximate surface area is 87.7 Å². The van der Waals surface area contributed by atoms with Gasteiger partial charge in [0.05, 0.1) is 6.61 Å². The molecule has 15 heavy (non-hydrogen) atoms. The van der Waals surface area contributed by atoms with E-state index in [-0.39, 0.29) is 12.5 Å². The predicted octanol–water partition coefficient (Wildman–Crippen LogP) is 1.36. The van der Waals surface area contributed by atoms with Crippen molar-refractivity contribution in [3.8, 4) is 0 Å². The van der Waals surface area contributed by atoms with Crippen molar-refractivity contribution in [2.75, 3.05) is 5.73 Å². The van der Waals surface area contributed by atoms with Crippen molar-refractivity contribution in [3.05, 3.63) is 29.3 Å². The molecule has 0 saturated heterocycles. The van der Waals surface area contributed by atoms with E-state index >= 15 is 0 Å². The van der Waals surface area contributed by atoms with Crippen LogP contribution in [0, 0.1) is 0 Å². The monoisotopic (exact) mass is 207 g/mol.